The van der Waals surface area contributed by atoms with E-state index in [0.29, 0.717) is 42.4 Å². The largest absolute Gasteiger partial charge is 0.460 e. The van der Waals surface area contributed by atoms with Gasteiger partial charge in [0.05, 0.1) is 23.6 Å². The van der Waals surface area contributed by atoms with Crippen LogP contribution in [0.4, 0.5) is 5.69 Å². The van der Waals surface area contributed by atoms with Crippen LogP contribution in [0, 0.1) is 5.92 Å². The number of carbonyl (C=O) groups excluding carboxylic acids is 2. The standard InChI is InChI=1S/C35H51N5O5/c1-7-27-30(40(8-2)25-9-15-44-16-10-25)19-31-28(32(27)34(42)36-20-29-23(3)17-24(4)37-33(29)41)18-26(45-31)21-38-11-13-39(14-12-38)22-35(5,6)43/h17-19,25,29,43H,7-16,20-22H2,1-6H3,(H,36,42). The van der Waals surface area contributed by atoms with Crippen molar-refractivity contribution < 1.29 is 23.8 Å². The Labute approximate surface area is 267 Å². The number of fused-ring (bicyclic) bond motifs is 1. The number of piperazine rings is 1. The third kappa shape index (κ3) is 7.85. The quantitative estimate of drug-likeness (QED) is 0.385. The van der Waals surface area contributed by atoms with Crippen molar-refractivity contribution in [2.75, 3.05) is 63.9 Å². The molecule has 3 aliphatic rings. The number of hydrogen-bond donors (Lipinski definition) is 2. The molecular formula is C35H51N5O5. The van der Waals surface area contributed by atoms with Gasteiger partial charge >= 0.3 is 0 Å². The fourth-order valence-corrected chi connectivity index (χ4v) is 7.15. The second-order valence-electron chi connectivity index (χ2n) is 13.5. The average Bonchev–Trinajstić information content (AvgIpc) is 3.38. The molecule has 2 amide bonds. The Balaban J connectivity index is 1.45. The Morgan fingerprint density at radius 3 is 2.42 bits per heavy atom. The van der Waals surface area contributed by atoms with Crippen molar-refractivity contribution in [2.24, 2.45) is 10.9 Å². The molecular weight excluding hydrogens is 570 g/mol. The number of dihydropyridines is 1. The van der Waals surface area contributed by atoms with E-state index >= 15 is 0 Å². The van der Waals surface area contributed by atoms with E-state index in [1.54, 1.807) is 0 Å². The SMILES string of the molecule is CCc1c(N(CC)C2CCOCC2)cc2oc(CN3CCN(CC(C)(C)O)CC3)cc2c1C(=O)NCC1C(=O)N=C(C)C=C1C. The summed E-state index contributed by atoms with van der Waals surface area (Å²) in [4.78, 5) is 38.1. The highest BCUT2D eigenvalue weighted by Crippen LogP contribution is 2.37. The van der Waals surface area contributed by atoms with E-state index < -0.39 is 11.5 Å². The number of aliphatic imine (C=N–C) groups is 1. The molecule has 2 saturated heterocycles. The van der Waals surface area contributed by atoms with Gasteiger partial charge in [-0.3, -0.25) is 19.4 Å². The minimum Gasteiger partial charge on any atom is -0.460 e. The number of anilines is 1. The first kappa shape index (κ1) is 33.3. The van der Waals surface area contributed by atoms with Gasteiger partial charge < -0.3 is 24.5 Å². The van der Waals surface area contributed by atoms with Gasteiger partial charge in [-0.1, -0.05) is 12.5 Å². The second kappa shape index (κ2) is 14.2. The van der Waals surface area contributed by atoms with Crippen LogP contribution in [0.2, 0.25) is 0 Å². The number of ether oxygens (including phenoxy) is 1. The summed E-state index contributed by atoms with van der Waals surface area (Å²) in [7, 11) is 0. The minimum atomic E-state index is -0.713. The summed E-state index contributed by atoms with van der Waals surface area (Å²) in [6.07, 6.45) is 4.47. The molecule has 2 N–H and O–H groups in total. The third-order valence-electron chi connectivity index (χ3n) is 9.31. The maximum Gasteiger partial charge on any atom is 0.254 e. The van der Waals surface area contributed by atoms with Gasteiger partial charge in [-0.2, -0.15) is 0 Å². The van der Waals surface area contributed by atoms with E-state index in [2.05, 4.69) is 44.9 Å². The monoisotopic (exact) mass is 621 g/mol. The second-order valence-corrected chi connectivity index (χ2v) is 13.5. The molecule has 2 fully saturated rings. The Kier molecular flexibility index (Phi) is 10.5. The van der Waals surface area contributed by atoms with Crippen LogP contribution in [0.5, 0.6) is 0 Å². The first-order valence-electron chi connectivity index (χ1n) is 16.6. The predicted molar refractivity (Wildman–Crippen MR) is 178 cm³/mol. The molecule has 4 heterocycles. The number of benzene rings is 1. The normalized spacial score (nSPS) is 20.8. The van der Waals surface area contributed by atoms with E-state index in [1.165, 1.54) is 0 Å². The van der Waals surface area contributed by atoms with Crippen LogP contribution in [-0.2, 0) is 22.5 Å². The number of carbonyl (C=O) groups is 2. The molecule has 0 aliphatic carbocycles. The van der Waals surface area contributed by atoms with Crippen LogP contribution in [-0.4, -0.2) is 103 Å². The Morgan fingerprint density at radius 2 is 1.80 bits per heavy atom. The first-order valence-corrected chi connectivity index (χ1v) is 16.6. The van der Waals surface area contributed by atoms with E-state index in [4.69, 9.17) is 9.15 Å². The van der Waals surface area contributed by atoms with Crippen molar-refractivity contribution in [3.8, 4) is 0 Å². The molecule has 0 saturated carbocycles. The van der Waals surface area contributed by atoms with Crippen molar-refractivity contribution in [3.63, 3.8) is 0 Å². The topological polar surface area (TPSA) is 111 Å². The van der Waals surface area contributed by atoms with Crippen LogP contribution < -0.4 is 10.2 Å². The molecule has 0 radical (unpaired) electrons. The summed E-state index contributed by atoms with van der Waals surface area (Å²) in [5, 5.41) is 14.1. The van der Waals surface area contributed by atoms with Gasteiger partial charge in [0.2, 0.25) is 0 Å². The summed E-state index contributed by atoms with van der Waals surface area (Å²) in [5.41, 5.74) is 4.26. The average molecular weight is 622 g/mol. The van der Waals surface area contributed by atoms with Crippen LogP contribution in [0.25, 0.3) is 11.0 Å². The Morgan fingerprint density at radius 1 is 1.11 bits per heavy atom. The summed E-state index contributed by atoms with van der Waals surface area (Å²) in [6, 6.07) is 4.49. The molecule has 1 aromatic carbocycles. The van der Waals surface area contributed by atoms with Crippen LogP contribution in [0.3, 0.4) is 0 Å². The maximum atomic E-state index is 14.2. The zero-order valence-corrected chi connectivity index (χ0v) is 27.9. The van der Waals surface area contributed by atoms with Gasteiger partial charge in [-0.15, -0.1) is 0 Å². The number of β-amino-alcohol motifs (C(OH)–C–C–N with tert-alkyl or cyclic N) is 1. The zero-order valence-electron chi connectivity index (χ0n) is 27.9. The molecule has 10 nitrogen and oxygen atoms in total. The number of aliphatic hydroxyl groups is 1. The fourth-order valence-electron chi connectivity index (χ4n) is 7.15. The van der Waals surface area contributed by atoms with Crippen molar-refractivity contribution in [2.45, 2.75) is 79.0 Å². The smallest absolute Gasteiger partial charge is 0.254 e. The molecule has 10 heteroatoms. The summed E-state index contributed by atoms with van der Waals surface area (Å²) >= 11 is 0. The number of hydrogen-bond acceptors (Lipinski definition) is 8. The first-order chi connectivity index (χ1) is 21.5. The third-order valence-corrected chi connectivity index (χ3v) is 9.31. The Hall–Kier alpha value is -3.05. The van der Waals surface area contributed by atoms with E-state index in [-0.39, 0.29) is 18.4 Å². The summed E-state index contributed by atoms with van der Waals surface area (Å²) < 4.78 is 12.2. The van der Waals surface area contributed by atoms with E-state index in [1.807, 2.05) is 39.8 Å². The maximum absolute atomic E-state index is 14.2. The van der Waals surface area contributed by atoms with Crippen LogP contribution in [0.1, 0.15) is 76.1 Å². The van der Waals surface area contributed by atoms with Gasteiger partial charge in [0.1, 0.15) is 11.3 Å². The van der Waals surface area contributed by atoms with Crippen LogP contribution >= 0.6 is 0 Å². The lowest BCUT2D eigenvalue weighted by Gasteiger charge is -2.37. The summed E-state index contributed by atoms with van der Waals surface area (Å²) in [5.74, 6) is -0.0476. The van der Waals surface area contributed by atoms with Gasteiger partial charge in [0, 0.05) is 87.9 Å². The lowest BCUT2D eigenvalue weighted by atomic mass is 9.94. The van der Waals surface area contributed by atoms with Gasteiger partial charge in [-0.05, 0) is 71.6 Å². The number of nitrogens with one attached hydrogen (secondary N) is 1. The highest BCUT2D eigenvalue weighted by Gasteiger charge is 2.30. The zero-order chi connectivity index (χ0) is 32.3. The lowest BCUT2D eigenvalue weighted by Crippen LogP contribution is -2.50. The van der Waals surface area contributed by atoms with Crippen molar-refractivity contribution >= 4 is 34.2 Å². The molecule has 45 heavy (non-hydrogen) atoms. The van der Waals surface area contributed by atoms with E-state index in [0.717, 1.165) is 86.7 Å². The summed E-state index contributed by atoms with van der Waals surface area (Å²) in [6.45, 7) is 19.0. The van der Waals surface area contributed by atoms with Crippen molar-refractivity contribution in [3.05, 3.63) is 40.7 Å². The molecule has 2 aromatic rings. The molecule has 0 bridgehead atoms. The van der Waals surface area contributed by atoms with Crippen molar-refractivity contribution in [1.29, 1.82) is 0 Å². The molecule has 1 atom stereocenters. The molecule has 246 valence electrons. The number of allylic oxidation sites excluding steroid dienone is 1. The molecule has 3 aliphatic heterocycles. The lowest BCUT2D eigenvalue weighted by molar-refractivity contribution is -0.120. The molecule has 5 rings (SSSR count). The Bertz CT molecular complexity index is 1440. The van der Waals surface area contributed by atoms with Crippen molar-refractivity contribution in [1.82, 2.24) is 15.1 Å². The van der Waals surface area contributed by atoms with Gasteiger partial charge in [0.15, 0.2) is 0 Å². The number of furan rings is 1. The fraction of sp³-hybridized carbons (Fsp3) is 0.629. The van der Waals surface area contributed by atoms with E-state index in [9.17, 15) is 14.7 Å². The highest BCUT2D eigenvalue weighted by molar-refractivity contribution is 6.10. The number of amides is 2. The highest BCUT2D eigenvalue weighted by atomic mass is 16.5. The van der Waals surface area contributed by atoms with Crippen LogP contribution in [0.15, 0.2) is 33.2 Å². The van der Waals surface area contributed by atoms with Gasteiger partial charge in [0.25, 0.3) is 11.8 Å². The minimum absolute atomic E-state index is 0.193. The predicted octanol–water partition coefficient (Wildman–Crippen LogP) is 4.18. The molecule has 0 spiro atoms. The number of rotatable bonds is 11. The molecule has 1 aromatic heterocycles. The van der Waals surface area contributed by atoms with Gasteiger partial charge in [-0.25, -0.2) is 4.99 Å². The number of nitrogens with zero attached hydrogens (tertiary/aromatic N) is 4. The molecule has 1 unspecified atom stereocenters.